The third kappa shape index (κ3) is 3.56. The molecular formula is C21H24N4O3. The zero-order chi connectivity index (χ0) is 19.7. The predicted octanol–water partition coefficient (Wildman–Crippen LogP) is 3.33. The third-order valence-corrected chi connectivity index (χ3v) is 5.53. The number of hydrogen-bond acceptors (Lipinski definition) is 6. The standard InChI is InChI=1S/C21H24N4O3/c1-13-17(14(2)27-23-13)9-10-20(26)25-11-18(16-7-5-4-6-8-16)19(12-25)21-22-15(3)24-28-21/h4-8,18-19H,9-12H2,1-3H3/t18-,19-/m1/s1. The predicted molar refractivity (Wildman–Crippen MR) is 102 cm³/mol. The van der Waals surface area contributed by atoms with Crippen LogP contribution in [0.25, 0.3) is 0 Å². The Labute approximate surface area is 163 Å². The van der Waals surface area contributed by atoms with Crippen molar-refractivity contribution >= 4 is 5.91 Å². The van der Waals surface area contributed by atoms with E-state index in [0.717, 1.165) is 17.0 Å². The molecule has 0 aliphatic carbocycles. The van der Waals surface area contributed by atoms with Crippen LogP contribution in [-0.4, -0.2) is 39.2 Å². The van der Waals surface area contributed by atoms with E-state index in [-0.39, 0.29) is 17.7 Å². The van der Waals surface area contributed by atoms with Gasteiger partial charge in [0, 0.05) is 31.0 Å². The van der Waals surface area contributed by atoms with Crippen molar-refractivity contribution in [3.63, 3.8) is 0 Å². The number of carbonyl (C=O) groups excluding carboxylic acids is 1. The molecule has 3 aromatic rings. The first-order valence-electron chi connectivity index (χ1n) is 9.57. The van der Waals surface area contributed by atoms with Gasteiger partial charge in [-0.15, -0.1) is 0 Å². The van der Waals surface area contributed by atoms with E-state index in [2.05, 4.69) is 27.4 Å². The van der Waals surface area contributed by atoms with E-state index in [1.807, 2.05) is 43.9 Å². The van der Waals surface area contributed by atoms with Crippen LogP contribution in [0, 0.1) is 20.8 Å². The first-order chi connectivity index (χ1) is 13.5. The molecule has 1 saturated heterocycles. The van der Waals surface area contributed by atoms with Gasteiger partial charge in [0.1, 0.15) is 5.76 Å². The molecule has 7 heteroatoms. The van der Waals surface area contributed by atoms with Crippen LogP contribution in [0.5, 0.6) is 0 Å². The lowest BCUT2D eigenvalue weighted by molar-refractivity contribution is -0.130. The number of aromatic nitrogens is 3. The van der Waals surface area contributed by atoms with Gasteiger partial charge in [0.15, 0.2) is 5.82 Å². The molecule has 4 rings (SSSR count). The lowest BCUT2D eigenvalue weighted by Gasteiger charge is -2.16. The van der Waals surface area contributed by atoms with Gasteiger partial charge in [-0.3, -0.25) is 4.79 Å². The van der Waals surface area contributed by atoms with E-state index < -0.39 is 0 Å². The summed E-state index contributed by atoms with van der Waals surface area (Å²) in [6.07, 6.45) is 1.07. The number of likely N-dealkylation sites (tertiary alicyclic amines) is 1. The summed E-state index contributed by atoms with van der Waals surface area (Å²) in [4.78, 5) is 19.3. The minimum Gasteiger partial charge on any atom is -0.361 e. The largest absolute Gasteiger partial charge is 0.361 e. The van der Waals surface area contributed by atoms with Gasteiger partial charge < -0.3 is 13.9 Å². The van der Waals surface area contributed by atoms with Gasteiger partial charge in [-0.05, 0) is 32.8 Å². The van der Waals surface area contributed by atoms with Crippen LogP contribution in [0.15, 0.2) is 39.4 Å². The van der Waals surface area contributed by atoms with Crippen molar-refractivity contribution in [2.24, 2.45) is 0 Å². The van der Waals surface area contributed by atoms with Gasteiger partial charge in [0.2, 0.25) is 11.8 Å². The maximum Gasteiger partial charge on any atom is 0.232 e. The molecular weight excluding hydrogens is 356 g/mol. The van der Waals surface area contributed by atoms with Crippen LogP contribution in [0.3, 0.4) is 0 Å². The zero-order valence-electron chi connectivity index (χ0n) is 16.4. The van der Waals surface area contributed by atoms with Crippen molar-refractivity contribution in [2.45, 2.75) is 45.4 Å². The fourth-order valence-electron chi connectivity index (χ4n) is 4.01. The molecule has 0 saturated carbocycles. The summed E-state index contributed by atoms with van der Waals surface area (Å²) in [5.41, 5.74) is 3.06. The number of carbonyl (C=O) groups is 1. The summed E-state index contributed by atoms with van der Waals surface area (Å²) in [5, 5.41) is 7.91. The van der Waals surface area contributed by atoms with Gasteiger partial charge in [0.05, 0.1) is 11.6 Å². The Morgan fingerprint density at radius 1 is 1.07 bits per heavy atom. The number of nitrogens with zero attached hydrogens (tertiary/aromatic N) is 4. The second kappa shape index (κ2) is 7.58. The normalized spacial score (nSPS) is 19.3. The average Bonchev–Trinajstić information content (AvgIpc) is 3.40. The molecule has 0 radical (unpaired) electrons. The lowest BCUT2D eigenvalue weighted by atomic mass is 9.89. The van der Waals surface area contributed by atoms with Crippen molar-refractivity contribution in [3.8, 4) is 0 Å². The number of benzene rings is 1. The lowest BCUT2D eigenvalue weighted by Crippen LogP contribution is -2.29. The summed E-state index contributed by atoms with van der Waals surface area (Å²) in [5.74, 6) is 2.28. The number of amides is 1. The second-order valence-corrected chi connectivity index (χ2v) is 7.40. The SMILES string of the molecule is Cc1noc([C@@H]2CN(C(=O)CCc3c(C)noc3C)C[C@@H]2c2ccccc2)n1. The Hall–Kier alpha value is -2.96. The molecule has 146 valence electrons. The Balaban J connectivity index is 1.51. The van der Waals surface area contributed by atoms with Crippen molar-refractivity contribution in [1.29, 1.82) is 0 Å². The van der Waals surface area contributed by atoms with E-state index in [1.54, 1.807) is 0 Å². The second-order valence-electron chi connectivity index (χ2n) is 7.40. The molecule has 0 spiro atoms. The Morgan fingerprint density at radius 2 is 1.82 bits per heavy atom. The van der Waals surface area contributed by atoms with Crippen LogP contribution in [0.2, 0.25) is 0 Å². The summed E-state index contributed by atoms with van der Waals surface area (Å²) in [6.45, 7) is 6.84. The quantitative estimate of drug-likeness (QED) is 0.675. The maximum absolute atomic E-state index is 12.9. The van der Waals surface area contributed by atoms with Gasteiger partial charge in [0.25, 0.3) is 0 Å². The molecule has 2 aromatic heterocycles. The highest BCUT2D eigenvalue weighted by Gasteiger charge is 2.40. The van der Waals surface area contributed by atoms with E-state index in [4.69, 9.17) is 9.05 Å². The molecule has 0 unspecified atom stereocenters. The summed E-state index contributed by atoms with van der Waals surface area (Å²) in [6, 6.07) is 10.2. The Morgan fingerprint density at radius 3 is 2.46 bits per heavy atom. The van der Waals surface area contributed by atoms with Crippen LogP contribution in [0.4, 0.5) is 0 Å². The fourth-order valence-corrected chi connectivity index (χ4v) is 4.01. The molecule has 1 amide bonds. The first-order valence-corrected chi connectivity index (χ1v) is 9.57. The van der Waals surface area contributed by atoms with Crippen LogP contribution in [-0.2, 0) is 11.2 Å². The highest BCUT2D eigenvalue weighted by molar-refractivity contribution is 5.77. The number of aryl methyl sites for hydroxylation is 3. The zero-order valence-corrected chi connectivity index (χ0v) is 16.4. The number of rotatable bonds is 5. The first kappa shape index (κ1) is 18.4. The topological polar surface area (TPSA) is 85.3 Å². The number of hydrogen-bond donors (Lipinski definition) is 0. The van der Waals surface area contributed by atoms with Crippen LogP contribution in [0.1, 0.15) is 52.6 Å². The van der Waals surface area contributed by atoms with Crippen molar-refractivity contribution in [2.75, 3.05) is 13.1 Å². The van der Waals surface area contributed by atoms with E-state index in [0.29, 0.717) is 37.6 Å². The molecule has 0 N–H and O–H groups in total. The van der Waals surface area contributed by atoms with E-state index >= 15 is 0 Å². The monoisotopic (exact) mass is 380 g/mol. The maximum atomic E-state index is 12.9. The van der Waals surface area contributed by atoms with E-state index in [1.165, 1.54) is 5.56 Å². The minimum absolute atomic E-state index is 0.00612. The molecule has 7 nitrogen and oxygen atoms in total. The molecule has 1 aromatic carbocycles. The van der Waals surface area contributed by atoms with Gasteiger partial charge >= 0.3 is 0 Å². The van der Waals surface area contributed by atoms with Crippen molar-refractivity contribution < 1.29 is 13.8 Å². The van der Waals surface area contributed by atoms with Gasteiger partial charge in [-0.1, -0.05) is 40.6 Å². The highest BCUT2D eigenvalue weighted by Crippen LogP contribution is 2.39. The Bertz CT molecular complexity index is 944. The van der Waals surface area contributed by atoms with Crippen LogP contribution >= 0.6 is 0 Å². The summed E-state index contributed by atoms with van der Waals surface area (Å²) in [7, 11) is 0. The minimum atomic E-state index is 0.00612. The molecule has 0 bridgehead atoms. The molecule has 28 heavy (non-hydrogen) atoms. The van der Waals surface area contributed by atoms with Gasteiger partial charge in [-0.25, -0.2) is 0 Å². The molecule has 3 heterocycles. The van der Waals surface area contributed by atoms with Crippen LogP contribution < -0.4 is 0 Å². The molecule has 1 fully saturated rings. The van der Waals surface area contributed by atoms with Crippen molar-refractivity contribution in [3.05, 3.63) is 64.6 Å². The van der Waals surface area contributed by atoms with Crippen molar-refractivity contribution in [1.82, 2.24) is 20.2 Å². The Kier molecular flexibility index (Phi) is 4.98. The summed E-state index contributed by atoms with van der Waals surface area (Å²) < 4.78 is 10.7. The molecule has 1 aliphatic rings. The summed E-state index contributed by atoms with van der Waals surface area (Å²) >= 11 is 0. The third-order valence-electron chi connectivity index (χ3n) is 5.53. The molecule has 1 aliphatic heterocycles. The highest BCUT2D eigenvalue weighted by atomic mass is 16.5. The van der Waals surface area contributed by atoms with E-state index in [9.17, 15) is 4.79 Å². The fraction of sp³-hybridized carbons (Fsp3) is 0.429. The smallest absolute Gasteiger partial charge is 0.232 e. The average molecular weight is 380 g/mol. The van der Waals surface area contributed by atoms with Gasteiger partial charge in [-0.2, -0.15) is 4.98 Å². The molecule has 2 atom stereocenters.